The first-order valence-electron chi connectivity index (χ1n) is 7.28. The van der Waals surface area contributed by atoms with E-state index in [1.54, 1.807) is 6.20 Å². The first-order chi connectivity index (χ1) is 10.3. The summed E-state index contributed by atoms with van der Waals surface area (Å²) in [5, 5.41) is 3.93. The number of amides is 1. The number of nitrogens with zero attached hydrogens (tertiary/aromatic N) is 2. The van der Waals surface area contributed by atoms with Crippen LogP contribution in [0.2, 0.25) is 0 Å². The van der Waals surface area contributed by atoms with Gasteiger partial charge in [0.05, 0.1) is 11.2 Å². The molecule has 1 aromatic carbocycles. The number of aromatic nitrogens is 1. The summed E-state index contributed by atoms with van der Waals surface area (Å²) in [5.41, 5.74) is 2.21. The van der Waals surface area contributed by atoms with Crippen LogP contribution in [0.5, 0.6) is 0 Å². The highest BCUT2D eigenvalue weighted by atomic mass is 32.1. The topological polar surface area (TPSA) is 45.2 Å². The third-order valence-corrected chi connectivity index (χ3v) is 4.70. The first-order valence-corrected chi connectivity index (χ1v) is 8.10. The molecule has 0 unspecified atom stereocenters. The van der Waals surface area contributed by atoms with Crippen molar-refractivity contribution in [2.45, 2.75) is 32.7 Å². The van der Waals surface area contributed by atoms with Gasteiger partial charge in [0.2, 0.25) is 0 Å². The largest absolute Gasteiger partial charge is 0.378 e. The van der Waals surface area contributed by atoms with E-state index < -0.39 is 0 Å². The molecule has 0 aliphatic heterocycles. The van der Waals surface area contributed by atoms with E-state index in [0.717, 1.165) is 16.3 Å². The summed E-state index contributed by atoms with van der Waals surface area (Å²) in [6.45, 7) is 6.81. The summed E-state index contributed by atoms with van der Waals surface area (Å²) in [6, 6.07) is 8.16. The molecule has 0 spiro atoms. The Hall–Kier alpha value is -1.88. The highest BCUT2D eigenvalue weighted by molar-refractivity contribution is 7.13. The molecule has 1 heterocycles. The lowest BCUT2D eigenvalue weighted by molar-refractivity contribution is 0.0955. The Bertz CT molecular complexity index is 639. The molecule has 0 fully saturated rings. The molecule has 1 aromatic heterocycles. The molecule has 1 N–H and O–H groups in total. The maximum absolute atomic E-state index is 12.2. The van der Waals surface area contributed by atoms with Gasteiger partial charge in [0.15, 0.2) is 0 Å². The smallest absolute Gasteiger partial charge is 0.263 e. The number of nitrogens with one attached hydrogen (secondary N) is 1. The molecule has 0 saturated heterocycles. The summed E-state index contributed by atoms with van der Waals surface area (Å²) in [4.78, 5) is 19.2. The van der Waals surface area contributed by atoms with Crippen LogP contribution in [0.4, 0.5) is 5.69 Å². The van der Waals surface area contributed by atoms with Crippen molar-refractivity contribution >= 4 is 22.9 Å². The van der Waals surface area contributed by atoms with Crippen molar-refractivity contribution in [1.82, 2.24) is 10.3 Å². The zero-order valence-corrected chi connectivity index (χ0v) is 14.6. The number of benzene rings is 1. The highest BCUT2D eigenvalue weighted by Crippen LogP contribution is 2.26. The van der Waals surface area contributed by atoms with Gasteiger partial charge in [-0.15, -0.1) is 11.3 Å². The second-order valence-corrected chi connectivity index (χ2v) is 7.55. The fraction of sp³-hybridized carbons (Fsp3) is 0.412. The van der Waals surface area contributed by atoms with Crippen LogP contribution >= 0.6 is 11.3 Å². The molecule has 0 bridgehead atoms. The molecule has 118 valence electrons. The number of carbonyl (C=O) groups is 1. The number of rotatable bonds is 4. The van der Waals surface area contributed by atoms with Gasteiger partial charge in [0, 0.05) is 31.7 Å². The number of anilines is 1. The van der Waals surface area contributed by atoms with Crippen molar-refractivity contribution in [2.24, 2.45) is 0 Å². The molecule has 2 aromatic rings. The van der Waals surface area contributed by atoms with E-state index in [1.807, 2.05) is 43.3 Å². The number of thiazole rings is 1. The monoisotopic (exact) mass is 317 g/mol. The van der Waals surface area contributed by atoms with Crippen molar-refractivity contribution in [2.75, 3.05) is 19.0 Å². The summed E-state index contributed by atoms with van der Waals surface area (Å²) >= 11 is 1.46. The molecule has 22 heavy (non-hydrogen) atoms. The van der Waals surface area contributed by atoms with Crippen molar-refractivity contribution in [3.63, 3.8) is 0 Å². The summed E-state index contributed by atoms with van der Waals surface area (Å²) in [6.07, 6.45) is 1.66. The van der Waals surface area contributed by atoms with Crippen LogP contribution in [0.15, 0.2) is 30.5 Å². The minimum atomic E-state index is -0.0651. The highest BCUT2D eigenvalue weighted by Gasteiger charge is 2.20. The number of carbonyl (C=O) groups excluding carboxylic acids is 1. The first kappa shape index (κ1) is 16.5. The van der Waals surface area contributed by atoms with Gasteiger partial charge in [-0.1, -0.05) is 32.9 Å². The van der Waals surface area contributed by atoms with E-state index >= 15 is 0 Å². The predicted octanol–water partition coefficient (Wildman–Crippen LogP) is 3.44. The Morgan fingerprint density at radius 2 is 1.86 bits per heavy atom. The molecule has 0 aliphatic rings. The Morgan fingerprint density at radius 1 is 1.23 bits per heavy atom. The lowest BCUT2D eigenvalue weighted by Gasteiger charge is -2.13. The molecule has 5 heteroatoms. The fourth-order valence-corrected chi connectivity index (χ4v) is 2.80. The normalized spacial score (nSPS) is 11.3. The quantitative estimate of drug-likeness (QED) is 0.939. The van der Waals surface area contributed by atoms with Crippen LogP contribution in [-0.2, 0) is 12.0 Å². The molecular formula is C17H23N3OS. The lowest BCUT2D eigenvalue weighted by atomic mass is 9.98. The molecule has 0 atom stereocenters. The summed E-state index contributed by atoms with van der Waals surface area (Å²) < 4.78 is 0. The molecular weight excluding hydrogens is 294 g/mol. The van der Waals surface area contributed by atoms with Crippen LogP contribution in [0, 0.1) is 0 Å². The number of hydrogen-bond donors (Lipinski definition) is 1. The maximum Gasteiger partial charge on any atom is 0.263 e. The van der Waals surface area contributed by atoms with Crippen molar-refractivity contribution in [1.29, 1.82) is 0 Å². The van der Waals surface area contributed by atoms with E-state index in [0.29, 0.717) is 11.4 Å². The van der Waals surface area contributed by atoms with E-state index in [4.69, 9.17) is 0 Å². The number of hydrogen-bond acceptors (Lipinski definition) is 4. The average molecular weight is 317 g/mol. The summed E-state index contributed by atoms with van der Waals surface area (Å²) in [7, 11) is 4.01. The average Bonchev–Trinajstić information content (AvgIpc) is 2.95. The Labute approximate surface area is 136 Å². The molecule has 0 aliphatic carbocycles. The fourth-order valence-electron chi connectivity index (χ4n) is 1.91. The maximum atomic E-state index is 12.2. The minimum absolute atomic E-state index is 0.0226. The van der Waals surface area contributed by atoms with Gasteiger partial charge >= 0.3 is 0 Å². The van der Waals surface area contributed by atoms with Gasteiger partial charge in [-0.3, -0.25) is 4.79 Å². The second-order valence-electron chi connectivity index (χ2n) is 6.52. The zero-order chi connectivity index (χ0) is 16.3. The predicted molar refractivity (Wildman–Crippen MR) is 92.8 cm³/mol. The zero-order valence-electron chi connectivity index (χ0n) is 13.8. The SMILES string of the molecule is CN(C)c1ccc(CNC(=O)c2cnc(C(C)(C)C)s2)cc1. The van der Waals surface area contributed by atoms with E-state index in [1.165, 1.54) is 11.3 Å². The van der Waals surface area contributed by atoms with Gasteiger partial charge < -0.3 is 10.2 Å². The summed E-state index contributed by atoms with van der Waals surface area (Å²) in [5.74, 6) is -0.0651. The third-order valence-electron chi connectivity index (χ3n) is 3.28. The van der Waals surface area contributed by atoms with Gasteiger partial charge in [-0.2, -0.15) is 0 Å². The van der Waals surface area contributed by atoms with E-state index in [2.05, 4.69) is 31.1 Å². The van der Waals surface area contributed by atoms with Crippen molar-refractivity contribution in [3.8, 4) is 0 Å². The minimum Gasteiger partial charge on any atom is -0.378 e. The van der Waals surface area contributed by atoms with E-state index in [-0.39, 0.29) is 11.3 Å². The van der Waals surface area contributed by atoms with Crippen LogP contribution in [-0.4, -0.2) is 25.0 Å². The van der Waals surface area contributed by atoms with Gasteiger partial charge in [0.1, 0.15) is 4.88 Å². The van der Waals surface area contributed by atoms with Crippen LogP contribution < -0.4 is 10.2 Å². The van der Waals surface area contributed by atoms with Gasteiger partial charge in [-0.25, -0.2) is 4.98 Å². The van der Waals surface area contributed by atoms with Crippen molar-refractivity contribution in [3.05, 3.63) is 45.9 Å². The van der Waals surface area contributed by atoms with Gasteiger partial charge in [0.25, 0.3) is 5.91 Å². The Kier molecular flexibility index (Phi) is 4.86. The van der Waals surface area contributed by atoms with Gasteiger partial charge in [-0.05, 0) is 17.7 Å². The van der Waals surface area contributed by atoms with E-state index in [9.17, 15) is 4.79 Å². The van der Waals surface area contributed by atoms with Crippen LogP contribution in [0.3, 0.4) is 0 Å². The molecule has 1 amide bonds. The van der Waals surface area contributed by atoms with Crippen LogP contribution in [0.25, 0.3) is 0 Å². The molecule has 2 rings (SSSR count). The van der Waals surface area contributed by atoms with Crippen LogP contribution in [0.1, 0.15) is 41.0 Å². The third kappa shape index (κ3) is 4.07. The lowest BCUT2D eigenvalue weighted by Crippen LogP contribution is -2.21. The Balaban J connectivity index is 1.96. The van der Waals surface area contributed by atoms with Crippen molar-refractivity contribution < 1.29 is 4.79 Å². The Morgan fingerprint density at radius 3 is 2.36 bits per heavy atom. The second kappa shape index (κ2) is 6.48. The molecule has 0 radical (unpaired) electrons. The molecule has 4 nitrogen and oxygen atoms in total. The standard InChI is InChI=1S/C17H23N3OS/c1-17(2,3)16-19-11-14(22-16)15(21)18-10-12-6-8-13(9-7-12)20(4)5/h6-9,11H,10H2,1-5H3,(H,18,21). The molecule has 0 saturated carbocycles.